The van der Waals surface area contributed by atoms with Crippen LogP contribution in [0.4, 0.5) is 0 Å². The van der Waals surface area contributed by atoms with E-state index in [1.54, 1.807) is 7.11 Å². The van der Waals surface area contributed by atoms with Crippen molar-refractivity contribution in [3.8, 4) is 17.2 Å². The standard InChI is InChI=1S/C26H39NO2Si/c1-6-7-13-22-18-21-19-23(29-2)14-15-24(21)26(20-11-9-8-10-12-20)27(22)25(28)16-17-30(3,4)5/h14-15,19-20,22,26H,6-13,18H2,1-5H3/t22-,26-/m0/s1. The molecule has 2 atom stereocenters. The van der Waals surface area contributed by atoms with Gasteiger partial charge in [-0.2, -0.15) is 0 Å². The fourth-order valence-electron chi connectivity index (χ4n) is 5.11. The van der Waals surface area contributed by atoms with Gasteiger partial charge in [-0.1, -0.05) is 64.7 Å². The summed E-state index contributed by atoms with van der Waals surface area (Å²) in [5.41, 5.74) is 6.04. The van der Waals surface area contributed by atoms with Gasteiger partial charge in [0.2, 0.25) is 0 Å². The number of ether oxygens (including phenoxy) is 1. The summed E-state index contributed by atoms with van der Waals surface area (Å²) in [7, 11) is 0.134. The molecule has 1 amide bonds. The molecule has 0 spiro atoms. The van der Waals surface area contributed by atoms with E-state index in [1.807, 2.05) is 0 Å². The van der Waals surface area contributed by atoms with Crippen LogP contribution in [0.5, 0.6) is 5.75 Å². The van der Waals surface area contributed by atoms with Gasteiger partial charge in [0.05, 0.1) is 13.2 Å². The van der Waals surface area contributed by atoms with Gasteiger partial charge in [0.25, 0.3) is 5.91 Å². The number of nitrogens with zero attached hydrogens (tertiary/aromatic N) is 1. The number of amides is 1. The minimum absolute atomic E-state index is 0.0515. The molecule has 0 N–H and O–H groups in total. The SMILES string of the molecule is CCCC[C@H]1Cc2cc(OC)ccc2[C@H](C2CCCCC2)N1C(=O)C#C[Si](C)(C)C. The molecule has 0 bridgehead atoms. The fraction of sp³-hybridized carbons (Fsp3) is 0.654. The highest BCUT2D eigenvalue weighted by Gasteiger charge is 2.41. The molecule has 1 aromatic rings. The molecule has 4 heteroatoms. The summed E-state index contributed by atoms with van der Waals surface area (Å²) < 4.78 is 5.53. The highest BCUT2D eigenvalue weighted by atomic mass is 28.3. The largest absolute Gasteiger partial charge is 0.497 e. The van der Waals surface area contributed by atoms with Gasteiger partial charge in [0.1, 0.15) is 13.8 Å². The zero-order valence-corrected chi connectivity index (χ0v) is 20.6. The molecule has 1 aliphatic carbocycles. The van der Waals surface area contributed by atoms with E-state index in [0.717, 1.165) is 31.4 Å². The maximum atomic E-state index is 13.6. The number of rotatable bonds is 5. The molecular weight excluding hydrogens is 386 g/mol. The second-order valence-electron chi connectivity index (χ2n) is 10.1. The lowest BCUT2D eigenvalue weighted by atomic mass is 9.75. The van der Waals surface area contributed by atoms with Crippen LogP contribution in [-0.4, -0.2) is 32.0 Å². The van der Waals surface area contributed by atoms with Crippen molar-refractivity contribution < 1.29 is 9.53 Å². The second-order valence-corrected chi connectivity index (χ2v) is 14.9. The molecule has 0 aromatic heterocycles. The predicted molar refractivity (Wildman–Crippen MR) is 127 cm³/mol. The van der Waals surface area contributed by atoms with Crippen LogP contribution in [0.15, 0.2) is 18.2 Å². The van der Waals surface area contributed by atoms with E-state index in [-0.39, 0.29) is 18.0 Å². The average Bonchev–Trinajstić information content (AvgIpc) is 2.74. The normalized spacial score (nSPS) is 22.1. The Morgan fingerprint density at radius 2 is 1.93 bits per heavy atom. The molecule has 1 heterocycles. The highest BCUT2D eigenvalue weighted by Crippen LogP contribution is 2.45. The van der Waals surface area contributed by atoms with Crippen LogP contribution >= 0.6 is 0 Å². The first-order chi connectivity index (χ1) is 14.3. The Bertz CT molecular complexity index is 795. The third-order valence-corrected chi connectivity index (χ3v) is 7.46. The second kappa shape index (κ2) is 10.0. The van der Waals surface area contributed by atoms with E-state index in [0.29, 0.717) is 5.92 Å². The Balaban J connectivity index is 2.05. The molecule has 0 unspecified atom stereocenters. The van der Waals surface area contributed by atoms with Crippen LogP contribution in [0.3, 0.4) is 0 Å². The summed E-state index contributed by atoms with van der Waals surface area (Å²) in [5.74, 6) is 4.60. The van der Waals surface area contributed by atoms with E-state index < -0.39 is 8.07 Å². The zero-order valence-electron chi connectivity index (χ0n) is 19.6. The number of hydrogen-bond donors (Lipinski definition) is 0. The Kier molecular flexibility index (Phi) is 7.68. The number of carbonyl (C=O) groups is 1. The van der Waals surface area contributed by atoms with Crippen molar-refractivity contribution in [1.29, 1.82) is 0 Å². The maximum absolute atomic E-state index is 13.6. The molecule has 1 aromatic carbocycles. The lowest BCUT2D eigenvalue weighted by molar-refractivity contribution is -0.133. The lowest BCUT2D eigenvalue weighted by Gasteiger charge is -2.47. The Hall–Kier alpha value is -1.73. The van der Waals surface area contributed by atoms with E-state index >= 15 is 0 Å². The number of fused-ring (bicyclic) bond motifs is 1. The smallest absolute Gasteiger partial charge is 0.298 e. The summed E-state index contributed by atoms with van der Waals surface area (Å²) >= 11 is 0. The fourth-order valence-corrected chi connectivity index (χ4v) is 5.60. The summed E-state index contributed by atoms with van der Waals surface area (Å²) in [4.78, 5) is 15.8. The quantitative estimate of drug-likeness (QED) is 0.419. The van der Waals surface area contributed by atoms with E-state index in [2.05, 4.69) is 61.1 Å². The Morgan fingerprint density at radius 3 is 2.57 bits per heavy atom. The molecule has 0 saturated heterocycles. The van der Waals surface area contributed by atoms with Gasteiger partial charge in [0.15, 0.2) is 0 Å². The molecule has 164 valence electrons. The van der Waals surface area contributed by atoms with Crippen molar-refractivity contribution in [2.24, 2.45) is 5.92 Å². The van der Waals surface area contributed by atoms with Crippen molar-refractivity contribution >= 4 is 14.0 Å². The van der Waals surface area contributed by atoms with E-state index in [9.17, 15) is 4.79 Å². The number of methoxy groups -OCH3 is 1. The van der Waals surface area contributed by atoms with E-state index in [1.165, 1.54) is 43.2 Å². The number of carbonyl (C=O) groups excluding carboxylic acids is 1. The van der Waals surface area contributed by atoms with Crippen molar-refractivity contribution in [2.45, 2.75) is 96.4 Å². The lowest BCUT2D eigenvalue weighted by Crippen LogP contribution is -2.49. The monoisotopic (exact) mass is 425 g/mol. The topological polar surface area (TPSA) is 29.5 Å². The van der Waals surface area contributed by atoms with Crippen LogP contribution in [0, 0.1) is 17.4 Å². The van der Waals surface area contributed by atoms with E-state index in [4.69, 9.17) is 4.74 Å². The molecule has 3 nitrogen and oxygen atoms in total. The molecule has 1 aliphatic heterocycles. The Labute approximate surface area is 184 Å². The minimum Gasteiger partial charge on any atom is -0.497 e. The third kappa shape index (κ3) is 5.49. The molecule has 1 saturated carbocycles. The number of unbranched alkanes of at least 4 members (excludes halogenated alkanes) is 1. The first-order valence-electron chi connectivity index (χ1n) is 11.9. The number of benzene rings is 1. The average molecular weight is 426 g/mol. The van der Waals surface area contributed by atoms with Crippen LogP contribution in [0.25, 0.3) is 0 Å². The van der Waals surface area contributed by atoms with Crippen LogP contribution < -0.4 is 4.74 Å². The molecular formula is C26H39NO2Si. The molecule has 30 heavy (non-hydrogen) atoms. The van der Waals surface area contributed by atoms with Gasteiger partial charge >= 0.3 is 0 Å². The van der Waals surface area contributed by atoms with Crippen LogP contribution in [0.2, 0.25) is 19.6 Å². The van der Waals surface area contributed by atoms with Gasteiger partial charge in [0, 0.05) is 6.04 Å². The summed E-state index contributed by atoms with van der Waals surface area (Å²) in [6.07, 6.45) is 10.5. The highest BCUT2D eigenvalue weighted by molar-refractivity contribution is 6.84. The van der Waals surface area contributed by atoms with Crippen molar-refractivity contribution in [3.05, 3.63) is 29.3 Å². The molecule has 1 fully saturated rings. The predicted octanol–water partition coefficient (Wildman–Crippen LogP) is 6.14. The number of hydrogen-bond acceptors (Lipinski definition) is 2. The summed E-state index contributed by atoms with van der Waals surface area (Å²) in [6.45, 7) is 8.85. The van der Waals surface area contributed by atoms with Crippen molar-refractivity contribution in [1.82, 2.24) is 4.90 Å². The minimum atomic E-state index is -1.60. The first-order valence-corrected chi connectivity index (χ1v) is 15.4. The van der Waals surface area contributed by atoms with Crippen molar-refractivity contribution in [3.63, 3.8) is 0 Å². The van der Waals surface area contributed by atoms with Gasteiger partial charge in [-0.15, -0.1) is 5.54 Å². The van der Waals surface area contributed by atoms with Gasteiger partial charge in [-0.05, 0) is 60.8 Å². The summed E-state index contributed by atoms with van der Waals surface area (Å²) in [5, 5.41) is 0. The van der Waals surface area contributed by atoms with Gasteiger partial charge in [-0.25, -0.2) is 0 Å². The van der Waals surface area contributed by atoms with Crippen LogP contribution in [0.1, 0.15) is 75.5 Å². The van der Waals surface area contributed by atoms with Gasteiger partial charge in [-0.3, -0.25) is 4.79 Å². The van der Waals surface area contributed by atoms with Crippen LogP contribution in [-0.2, 0) is 11.2 Å². The zero-order chi connectivity index (χ0) is 21.7. The first kappa shape index (κ1) is 22.9. The summed E-state index contributed by atoms with van der Waals surface area (Å²) in [6, 6.07) is 6.89. The third-order valence-electron chi connectivity index (χ3n) is 6.58. The Morgan fingerprint density at radius 1 is 1.20 bits per heavy atom. The molecule has 3 rings (SSSR count). The maximum Gasteiger partial charge on any atom is 0.298 e. The molecule has 2 aliphatic rings. The molecule has 0 radical (unpaired) electrons. The van der Waals surface area contributed by atoms with Gasteiger partial charge < -0.3 is 9.64 Å². The van der Waals surface area contributed by atoms with Crippen molar-refractivity contribution in [2.75, 3.05) is 7.11 Å².